The van der Waals surface area contributed by atoms with Gasteiger partial charge in [-0.05, 0) is 30.5 Å². The largest absolute Gasteiger partial charge is 0.497 e. The molecule has 0 aliphatic heterocycles. The number of rotatable bonds is 5. The van der Waals surface area contributed by atoms with Crippen molar-refractivity contribution < 1.29 is 4.74 Å². The second-order valence-electron chi connectivity index (χ2n) is 6.11. The molecule has 0 saturated heterocycles. The van der Waals surface area contributed by atoms with Gasteiger partial charge in [0.15, 0.2) is 0 Å². The first-order valence-electron chi connectivity index (χ1n) is 8.31. The maximum absolute atomic E-state index is 5.42. The van der Waals surface area contributed by atoms with Crippen LogP contribution in [0.2, 0.25) is 0 Å². The topological polar surface area (TPSA) is 12.5 Å². The third-order valence-electron chi connectivity index (χ3n) is 4.60. The van der Waals surface area contributed by atoms with Crippen molar-refractivity contribution in [3.63, 3.8) is 0 Å². The number of benzene rings is 2. The average Bonchev–Trinajstić information content (AvgIpc) is 2.61. The molecule has 1 aliphatic rings. The second kappa shape index (κ2) is 7.35. The quantitative estimate of drug-likeness (QED) is 0.766. The predicted octanol–water partition coefficient (Wildman–Crippen LogP) is 5.03. The van der Waals surface area contributed by atoms with Gasteiger partial charge in [-0.1, -0.05) is 55.7 Å². The van der Waals surface area contributed by atoms with E-state index in [0.717, 1.165) is 12.3 Å². The fourth-order valence-corrected chi connectivity index (χ4v) is 3.39. The van der Waals surface area contributed by atoms with Gasteiger partial charge in [0.2, 0.25) is 0 Å². The molecule has 0 bridgehead atoms. The van der Waals surface area contributed by atoms with Crippen molar-refractivity contribution in [2.45, 2.75) is 44.7 Å². The van der Waals surface area contributed by atoms with E-state index in [-0.39, 0.29) is 0 Å². The molecule has 2 nitrogen and oxygen atoms in total. The van der Waals surface area contributed by atoms with Gasteiger partial charge in [-0.25, -0.2) is 0 Å². The number of hydrogen-bond acceptors (Lipinski definition) is 2. The van der Waals surface area contributed by atoms with Crippen LogP contribution < -0.4 is 9.64 Å². The Hall–Kier alpha value is -1.96. The van der Waals surface area contributed by atoms with Crippen LogP contribution in [0.15, 0.2) is 54.6 Å². The minimum absolute atomic E-state index is 0.640. The molecule has 0 heterocycles. The van der Waals surface area contributed by atoms with Gasteiger partial charge in [0.05, 0.1) is 7.11 Å². The summed E-state index contributed by atoms with van der Waals surface area (Å²) >= 11 is 0. The van der Waals surface area contributed by atoms with E-state index in [2.05, 4.69) is 53.4 Å². The first-order valence-corrected chi connectivity index (χ1v) is 8.31. The van der Waals surface area contributed by atoms with Crippen LogP contribution in [0.4, 0.5) is 5.69 Å². The maximum Gasteiger partial charge on any atom is 0.120 e. The van der Waals surface area contributed by atoms with Crippen LogP contribution in [-0.4, -0.2) is 13.2 Å². The normalized spacial score (nSPS) is 15.5. The van der Waals surface area contributed by atoms with Crippen LogP contribution in [0, 0.1) is 0 Å². The molecule has 22 heavy (non-hydrogen) atoms. The molecule has 2 aromatic carbocycles. The predicted molar refractivity (Wildman–Crippen MR) is 92.5 cm³/mol. The molecule has 1 aliphatic carbocycles. The average molecular weight is 295 g/mol. The van der Waals surface area contributed by atoms with Crippen molar-refractivity contribution in [1.82, 2.24) is 0 Å². The van der Waals surface area contributed by atoms with Crippen molar-refractivity contribution in [2.75, 3.05) is 12.0 Å². The zero-order chi connectivity index (χ0) is 15.2. The van der Waals surface area contributed by atoms with Crippen molar-refractivity contribution in [3.8, 4) is 5.75 Å². The van der Waals surface area contributed by atoms with Crippen LogP contribution in [0.1, 0.15) is 37.7 Å². The molecule has 2 aromatic rings. The lowest BCUT2D eigenvalue weighted by Gasteiger charge is -2.36. The van der Waals surface area contributed by atoms with Gasteiger partial charge < -0.3 is 9.64 Å². The van der Waals surface area contributed by atoms with Gasteiger partial charge in [0.25, 0.3) is 0 Å². The first-order chi connectivity index (χ1) is 10.9. The summed E-state index contributed by atoms with van der Waals surface area (Å²) in [6, 6.07) is 19.9. The smallest absolute Gasteiger partial charge is 0.120 e. The lowest BCUT2D eigenvalue weighted by molar-refractivity contribution is 0.407. The van der Waals surface area contributed by atoms with E-state index < -0.39 is 0 Å². The Morgan fingerprint density at radius 1 is 0.955 bits per heavy atom. The molecular weight excluding hydrogens is 270 g/mol. The number of nitrogens with zero attached hydrogens (tertiary/aromatic N) is 1. The van der Waals surface area contributed by atoms with Crippen LogP contribution in [0.5, 0.6) is 5.75 Å². The summed E-state index contributed by atoms with van der Waals surface area (Å²) < 4.78 is 5.42. The van der Waals surface area contributed by atoms with Crippen LogP contribution >= 0.6 is 0 Å². The molecule has 0 spiro atoms. The van der Waals surface area contributed by atoms with Crippen LogP contribution in [0.25, 0.3) is 0 Å². The highest BCUT2D eigenvalue weighted by atomic mass is 16.5. The summed E-state index contributed by atoms with van der Waals surface area (Å²) in [5.74, 6) is 0.936. The van der Waals surface area contributed by atoms with E-state index in [9.17, 15) is 0 Å². The van der Waals surface area contributed by atoms with Gasteiger partial charge in [-0.2, -0.15) is 0 Å². The Morgan fingerprint density at radius 2 is 1.73 bits per heavy atom. The van der Waals surface area contributed by atoms with Gasteiger partial charge in [-0.15, -0.1) is 0 Å². The fraction of sp³-hybridized carbons (Fsp3) is 0.400. The monoisotopic (exact) mass is 295 g/mol. The molecule has 0 radical (unpaired) electrons. The summed E-state index contributed by atoms with van der Waals surface area (Å²) in [4.78, 5) is 2.57. The van der Waals surface area contributed by atoms with Crippen LogP contribution in [0.3, 0.4) is 0 Å². The number of methoxy groups -OCH3 is 1. The standard InChI is InChI=1S/C20H25NO/c1-22-20-14-8-13-19(15-20)21(18-11-6-3-7-12-18)16-17-9-4-2-5-10-17/h2,4-5,8-10,13-15,18H,3,6-7,11-12,16H2,1H3. The molecule has 1 saturated carbocycles. The zero-order valence-electron chi connectivity index (χ0n) is 13.4. The number of anilines is 1. The molecule has 0 atom stereocenters. The lowest BCUT2D eigenvalue weighted by Crippen LogP contribution is -2.36. The summed E-state index contributed by atoms with van der Waals surface area (Å²) in [5.41, 5.74) is 2.64. The van der Waals surface area contributed by atoms with E-state index in [1.807, 2.05) is 6.07 Å². The van der Waals surface area contributed by atoms with Gasteiger partial charge in [-0.3, -0.25) is 0 Å². The Kier molecular flexibility index (Phi) is 4.99. The fourth-order valence-electron chi connectivity index (χ4n) is 3.39. The minimum Gasteiger partial charge on any atom is -0.497 e. The maximum atomic E-state index is 5.42. The molecule has 116 valence electrons. The van der Waals surface area contributed by atoms with Crippen LogP contribution in [-0.2, 0) is 6.54 Å². The highest BCUT2D eigenvalue weighted by Gasteiger charge is 2.22. The van der Waals surface area contributed by atoms with Crippen molar-refractivity contribution in [3.05, 3.63) is 60.2 Å². The van der Waals surface area contributed by atoms with Crippen molar-refractivity contribution in [1.29, 1.82) is 0 Å². The Labute approximate surface area is 133 Å². The first kappa shape index (κ1) is 15.0. The van der Waals surface area contributed by atoms with Gasteiger partial charge >= 0.3 is 0 Å². The molecule has 1 fully saturated rings. The molecule has 0 unspecified atom stereocenters. The van der Waals surface area contributed by atoms with Gasteiger partial charge in [0, 0.05) is 24.3 Å². The molecule has 3 rings (SSSR count). The molecule has 2 heteroatoms. The Morgan fingerprint density at radius 3 is 2.45 bits per heavy atom. The van der Waals surface area contributed by atoms with Crippen molar-refractivity contribution in [2.24, 2.45) is 0 Å². The summed E-state index contributed by atoms with van der Waals surface area (Å²) in [6.07, 6.45) is 6.67. The summed E-state index contributed by atoms with van der Waals surface area (Å²) in [5, 5.41) is 0. The van der Waals surface area contributed by atoms with E-state index in [4.69, 9.17) is 4.74 Å². The second-order valence-corrected chi connectivity index (χ2v) is 6.11. The number of ether oxygens (including phenoxy) is 1. The molecule has 0 N–H and O–H groups in total. The summed E-state index contributed by atoms with van der Waals surface area (Å²) in [6.45, 7) is 0.971. The molecule has 0 aromatic heterocycles. The third kappa shape index (κ3) is 3.62. The molecule has 0 amide bonds. The summed E-state index contributed by atoms with van der Waals surface area (Å²) in [7, 11) is 1.74. The highest BCUT2D eigenvalue weighted by molar-refractivity contribution is 5.52. The Balaban J connectivity index is 1.87. The SMILES string of the molecule is COc1cccc(N(Cc2ccccc2)C2CCCCC2)c1. The Bertz CT molecular complexity index is 575. The van der Waals surface area contributed by atoms with E-state index in [1.54, 1.807) is 7.11 Å². The highest BCUT2D eigenvalue weighted by Crippen LogP contribution is 2.30. The third-order valence-corrected chi connectivity index (χ3v) is 4.60. The van der Waals surface area contributed by atoms with Gasteiger partial charge in [0.1, 0.15) is 5.75 Å². The zero-order valence-corrected chi connectivity index (χ0v) is 13.4. The number of hydrogen-bond donors (Lipinski definition) is 0. The molecular formula is C20H25NO. The van der Waals surface area contributed by atoms with E-state index in [1.165, 1.54) is 43.4 Å². The van der Waals surface area contributed by atoms with E-state index in [0.29, 0.717) is 6.04 Å². The lowest BCUT2D eigenvalue weighted by atomic mass is 9.93. The minimum atomic E-state index is 0.640. The van der Waals surface area contributed by atoms with E-state index >= 15 is 0 Å². The van der Waals surface area contributed by atoms with Crippen molar-refractivity contribution >= 4 is 5.69 Å².